The summed E-state index contributed by atoms with van der Waals surface area (Å²) in [7, 11) is 1.53. The average Bonchev–Trinajstić information content (AvgIpc) is 2.83. The molecule has 4 N–H and O–H groups in total. The molecule has 1 aliphatic rings. The Kier molecular flexibility index (Phi) is 6.99. The van der Waals surface area contributed by atoms with Crippen molar-refractivity contribution >= 4 is 11.7 Å². The number of ether oxygens (including phenoxy) is 1. The van der Waals surface area contributed by atoms with E-state index in [1.54, 1.807) is 24.3 Å². The molecule has 0 saturated heterocycles. The summed E-state index contributed by atoms with van der Waals surface area (Å²) < 4.78 is 19.5. The Labute approximate surface area is 196 Å². The number of nitrogen functional groups attached to an aromatic ring is 1. The molecule has 0 amide bonds. The quantitative estimate of drug-likeness (QED) is 0.451. The number of hydrogen-bond acceptors (Lipinski definition) is 9. The van der Waals surface area contributed by atoms with Gasteiger partial charge >= 0.3 is 0 Å². The van der Waals surface area contributed by atoms with Crippen LogP contribution in [0, 0.1) is 12.7 Å². The number of nitrogens with two attached hydrogens (primary N) is 1. The Hall–Kier alpha value is -3.63. The Bertz CT molecular complexity index is 1220. The number of rotatable bonds is 7. The van der Waals surface area contributed by atoms with E-state index in [0.29, 0.717) is 47.1 Å². The number of benzene rings is 1. The first kappa shape index (κ1) is 23.5. The molecule has 1 unspecified atom stereocenters. The van der Waals surface area contributed by atoms with Gasteiger partial charge in [0.1, 0.15) is 18.5 Å². The van der Waals surface area contributed by atoms with Gasteiger partial charge in [0.25, 0.3) is 0 Å². The van der Waals surface area contributed by atoms with Crippen molar-refractivity contribution in [3.63, 3.8) is 0 Å². The van der Waals surface area contributed by atoms with E-state index in [-0.39, 0.29) is 24.3 Å². The molecule has 0 bridgehead atoms. The van der Waals surface area contributed by atoms with Crippen LogP contribution in [0.4, 0.5) is 10.3 Å². The molecule has 0 radical (unpaired) electrons. The van der Waals surface area contributed by atoms with Crippen LogP contribution < -0.4 is 10.5 Å². The summed E-state index contributed by atoms with van der Waals surface area (Å²) in [6, 6.07) is 9.94. The molecule has 2 aromatic heterocycles. The van der Waals surface area contributed by atoms with Crippen molar-refractivity contribution < 1.29 is 24.2 Å². The number of aliphatic hydroxyl groups is 2. The van der Waals surface area contributed by atoms with Crippen LogP contribution in [0.2, 0.25) is 0 Å². The van der Waals surface area contributed by atoms with Gasteiger partial charge in [-0.1, -0.05) is 17.3 Å². The third-order valence-electron chi connectivity index (χ3n) is 5.67. The number of aromatic nitrogens is 3. The zero-order chi connectivity index (χ0) is 24.2. The van der Waals surface area contributed by atoms with Crippen LogP contribution in [-0.4, -0.2) is 57.3 Å². The predicted octanol–water partition coefficient (Wildman–Crippen LogP) is 2.38. The number of anilines is 1. The van der Waals surface area contributed by atoms with Crippen LogP contribution in [0.25, 0.3) is 11.3 Å². The maximum Gasteiger partial charge on any atom is 0.220 e. The highest BCUT2D eigenvalue weighted by Gasteiger charge is 2.31. The number of aryl methyl sites for hydroxylation is 1. The van der Waals surface area contributed by atoms with E-state index < -0.39 is 12.7 Å². The second-order valence-corrected chi connectivity index (χ2v) is 8.06. The van der Waals surface area contributed by atoms with Crippen molar-refractivity contribution in [3.05, 3.63) is 64.7 Å². The largest absolute Gasteiger partial charge is 0.481 e. The van der Waals surface area contributed by atoms with Gasteiger partial charge in [-0.25, -0.2) is 19.3 Å². The molecule has 2 heterocycles. The van der Waals surface area contributed by atoms with Crippen LogP contribution in [-0.2, 0) is 11.3 Å². The second kappa shape index (κ2) is 10.1. The summed E-state index contributed by atoms with van der Waals surface area (Å²) >= 11 is 0. The fourth-order valence-corrected chi connectivity index (χ4v) is 4.16. The van der Waals surface area contributed by atoms with Crippen LogP contribution >= 0.6 is 0 Å². The molecule has 34 heavy (non-hydrogen) atoms. The van der Waals surface area contributed by atoms with E-state index in [4.69, 9.17) is 20.4 Å². The fourth-order valence-electron chi connectivity index (χ4n) is 4.16. The molecule has 1 aliphatic carbocycles. The molecule has 0 spiro atoms. The average molecular weight is 468 g/mol. The smallest absolute Gasteiger partial charge is 0.220 e. The van der Waals surface area contributed by atoms with Gasteiger partial charge in [0.2, 0.25) is 11.8 Å². The summed E-state index contributed by atoms with van der Waals surface area (Å²) in [4.78, 5) is 18.5. The van der Waals surface area contributed by atoms with Crippen LogP contribution in [0.5, 0.6) is 5.88 Å². The molecule has 10 heteroatoms. The number of aliphatic hydroxyl groups excluding tert-OH is 2. The molecule has 0 aliphatic heterocycles. The van der Waals surface area contributed by atoms with Gasteiger partial charge in [0, 0.05) is 23.6 Å². The minimum atomic E-state index is -1.05. The normalized spacial score (nSPS) is 17.3. The molecule has 9 nitrogen and oxygen atoms in total. The van der Waals surface area contributed by atoms with E-state index in [1.807, 2.05) is 6.92 Å². The van der Waals surface area contributed by atoms with Crippen molar-refractivity contribution in [1.82, 2.24) is 15.0 Å². The maximum atomic E-state index is 14.3. The van der Waals surface area contributed by atoms with Crippen LogP contribution in [0.15, 0.2) is 41.6 Å². The first-order chi connectivity index (χ1) is 16.4. The minimum Gasteiger partial charge on any atom is -0.481 e. The molecule has 178 valence electrons. The Morgan fingerprint density at radius 2 is 2.03 bits per heavy atom. The molecule has 4 rings (SSSR count). The molecular weight excluding hydrogens is 441 g/mol. The molecular formula is C24H26FN5O4. The molecule has 3 aromatic rings. The van der Waals surface area contributed by atoms with Gasteiger partial charge in [0.15, 0.2) is 0 Å². The highest BCUT2D eigenvalue weighted by Crippen LogP contribution is 2.38. The minimum absolute atomic E-state index is 0.130. The Morgan fingerprint density at radius 3 is 2.79 bits per heavy atom. The third-order valence-corrected chi connectivity index (χ3v) is 5.67. The van der Waals surface area contributed by atoms with Gasteiger partial charge in [-0.15, -0.1) is 0 Å². The fraction of sp³-hybridized carbons (Fsp3) is 0.333. The highest BCUT2D eigenvalue weighted by atomic mass is 19.1. The van der Waals surface area contributed by atoms with Gasteiger partial charge in [-0.05, 0) is 43.0 Å². The maximum absolute atomic E-state index is 14.3. The van der Waals surface area contributed by atoms with E-state index in [0.717, 1.165) is 11.1 Å². The number of methoxy groups -OCH3 is 1. The predicted molar refractivity (Wildman–Crippen MR) is 124 cm³/mol. The highest BCUT2D eigenvalue weighted by molar-refractivity contribution is 6.03. The first-order valence-electron chi connectivity index (χ1n) is 10.8. The van der Waals surface area contributed by atoms with Gasteiger partial charge < -0.3 is 25.5 Å². The zero-order valence-corrected chi connectivity index (χ0v) is 18.9. The summed E-state index contributed by atoms with van der Waals surface area (Å²) in [5.41, 5.74) is 10.7. The van der Waals surface area contributed by atoms with E-state index >= 15 is 0 Å². The van der Waals surface area contributed by atoms with E-state index in [2.05, 4.69) is 20.1 Å². The van der Waals surface area contributed by atoms with Crippen molar-refractivity contribution in [3.8, 4) is 17.1 Å². The van der Waals surface area contributed by atoms with Gasteiger partial charge in [0.05, 0.1) is 36.5 Å². The lowest BCUT2D eigenvalue weighted by Crippen LogP contribution is -2.25. The Morgan fingerprint density at radius 1 is 1.21 bits per heavy atom. The third kappa shape index (κ3) is 4.97. The lowest BCUT2D eigenvalue weighted by atomic mass is 9.79. The summed E-state index contributed by atoms with van der Waals surface area (Å²) in [6.45, 7) is 1.22. The second-order valence-electron chi connectivity index (χ2n) is 8.06. The SMILES string of the molecule is COc1cccc(-c2cc(F)ccc2[C@H]2C/C(=N\OCC(O)CO)c3c(C)nc(N)nc3C2)n1. The van der Waals surface area contributed by atoms with Crippen LogP contribution in [0.3, 0.4) is 0 Å². The topological polar surface area (TPSA) is 136 Å². The number of oxime groups is 1. The monoisotopic (exact) mass is 467 g/mol. The number of nitrogens with zero attached hydrogens (tertiary/aromatic N) is 4. The molecule has 1 aromatic carbocycles. The van der Waals surface area contributed by atoms with Crippen LogP contribution in [0.1, 0.15) is 34.9 Å². The van der Waals surface area contributed by atoms with E-state index in [1.165, 1.54) is 19.2 Å². The van der Waals surface area contributed by atoms with Crippen molar-refractivity contribution in [2.24, 2.45) is 5.16 Å². The summed E-state index contributed by atoms with van der Waals surface area (Å²) in [6.07, 6.45) is -0.0577. The van der Waals surface area contributed by atoms with Crippen molar-refractivity contribution in [2.45, 2.75) is 31.8 Å². The summed E-state index contributed by atoms with van der Waals surface area (Å²) in [5, 5.41) is 22.9. The van der Waals surface area contributed by atoms with Crippen molar-refractivity contribution in [1.29, 1.82) is 0 Å². The van der Waals surface area contributed by atoms with Crippen molar-refractivity contribution in [2.75, 3.05) is 26.1 Å². The first-order valence-corrected chi connectivity index (χ1v) is 10.8. The summed E-state index contributed by atoms with van der Waals surface area (Å²) in [5.74, 6) is 0.0738. The standard InChI is InChI=1S/C24H26FN5O4/c1-13-23-20(29-24(26)27-13)8-14(9-21(23)30-34-12-16(32)11-31)17-7-6-15(25)10-18(17)19-4-3-5-22(28-19)33-2/h3-7,10,14,16,31-32H,8-9,11-12H2,1-2H3,(H2,26,27,29)/b30-21+/t14-,16?/m1/s1. The number of fused-ring (bicyclic) bond motifs is 1. The molecule has 2 atom stereocenters. The molecule has 0 saturated carbocycles. The zero-order valence-electron chi connectivity index (χ0n) is 18.9. The lowest BCUT2D eigenvalue weighted by molar-refractivity contribution is 0.00812. The van der Waals surface area contributed by atoms with Gasteiger partial charge in [-0.2, -0.15) is 0 Å². The van der Waals surface area contributed by atoms with Gasteiger partial charge in [-0.3, -0.25) is 0 Å². The Balaban J connectivity index is 1.77. The van der Waals surface area contributed by atoms with E-state index in [9.17, 15) is 9.50 Å². The number of halogens is 1. The lowest BCUT2D eigenvalue weighted by Gasteiger charge is -2.28. The molecule has 0 fully saturated rings. The number of hydrogen-bond donors (Lipinski definition) is 3. The number of pyridine rings is 1.